The van der Waals surface area contributed by atoms with Crippen LogP contribution in [0.2, 0.25) is 10.0 Å². The summed E-state index contributed by atoms with van der Waals surface area (Å²) in [5, 5.41) is 0.984. The molecule has 94 valence electrons. The lowest BCUT2D eigenvalue weighted by Crippen LogP contribution is -2.11. The van der Waals surface area contributed by atoms with E-state index in [1.807, 2.05) is 0 Å². The molecule has 0 fully saturated rings. The van der Waals surface area contributed by atoms with Gasteiger partial charge in [-0.15, -0.1) is 0 Å². The highest BCUT2D eigenvalue weighted by molar-refractivity contribution is 7.99. The van der Waals surface area contributed by atoms with Crippen molar-refractivity contribution in [3.05, 3.63) is 40.3 Å². The zero-order chi connectivity index (χ0) is 13.1. The summed E-state index contributed by atoms with van der Waals surface area (Å²) in [6.45, 7) is 0. The Bertz CT molecular complexity index is 582. The lowest BCUT2D eigenvalue weighted by Gasteiger charge is -2.05. The summed E-state index contributed by atoms with van der Waals surface area (Å²) in [6.07, 6.45) is 1.04. The average Bonchev–Trinajstić information content (AvgIpc) is 2.36. The molecular weight excluding hydrogens is 298 g/mol. The van der Waals surface area contributed by atoms with Crippen LogP contribution in [-0.2, 0) is 0 Å². The van der Waals surface area contributed by atoms with Crippen molar-refractivity contribution in [1.82, 2.24) is 9.97 Å². The van der Waals surface area contributed by atoms with Crippen molar-refractivity contribution in [2.75, 3.05) is 5.43 Å². The molecule has 0 radical (unpaired) electrons. The number of nitrogen functional groups attached to an aromatic ring is 1. The van der Waals surface area contributed by atoms with Crippen LogP contribution in [0.3, 0.4) is 0 Å². The van der Waals surface area contributed by atoms with Gasteiger partial charge in [0.05, 0.1) is 16.2 Å². The molecule has 8 heteroatoms. The molecule has 0 bridgehead atoms. The molecular formula is C10H7Cl2FN4S. The normalized spacial score (nSPS) is 10.4. The van der Waals surface area contributed by atoms with Gasteiger partial charge in [0.25, 0.3) is 0 Å². The number of anilines is 1. The van der Waals surface area contributed by atoms with Gasteiger partial charge < -0.3 is 0 Å². The van der Waals surface area contributed by atoms with Crippen LogP contribution in [0.1, 0.15) is 0 Å². The number of aromatic nitrogens is 2. The molecule has 0 spiro atoms. The van der Waals surface area contributed by atoms with E-state index in [0.717, 1.165) is 18.0 Å². The number of benzene rings is 1. The van der Waals surface area contributed by atoms with E-state index in [1.165, 1.54) is 0 Å². The number of nitrogens with one attached hydrogen (secondary N) is 1. The number of hydrazine groups is 1. The van der Waals surface area contributed by atoms with Crippen molar-refractivity contribution in [2.45, 2.75) is 9.92 Å². The van der Waals surface area contributed by atoms with E-state index in [0.29, 0.717) is 14.9 Å². The van der Waals surface area contributed by atoms with Gasteiger partial charge in [0.2, 0.25) is 5.95 Å². The molecule has 0 atom stereocenters. The minimum atomic E-state index is -0.537. The average molecular weight is 305 g/mol. The van der Waals surface area contributed by atoms with Gasteiger partial charge in [-0.25, -0.2) is 20.2 Å². The van der Waals surface area contributed by atoms with Crippen LogP contribution >= 0.6 is 35.0 Å². The van der Waals surface area contributed by atoms with Crippen LogP contribution in [0.4, 0.5) is 10.3 Å². The Morgan fingerprint density at radius 1 is 1.28 bits per heavy atom. The van der Waals surface area contributed by atoms with Gasteiger partial charge in [0.15, 0.2) is 5.82 Å². The first kappa shape index (κ1) is 13.4. The maximum Gasteiger partial charge on any atom is 0.238 e. The minimum Gasteiger partial charge on any atom is -0.292 e. The quantitative estimate of drug-likeness (QED) is 0.517. The molecule has 0 aliphatic rings. The Labute approximate surface area is 117 Å². The fourth-order valence-corrected chi connectivity index (χ4v) is 2.33. The van der Waals surface area contributed by atoms with Crippen LogP contribution in [0.5, 0.6) is 0 Å². The first-order chi connectivity index (χ1) is 8.60. The molecule has 0 amide bonds. The molecule has 18 heavy (non-hydrogen) atoms. The van der Waals surface area contributed by atoms with E-state index in [9.17, 15) is 4.39 Å². The molecule has 2 aromatic rings. The minimum absolute atomic E-state index is 0.138. The summed E-state index contributed by atoms with van der Waals surface area (Å²) in [5.41, 5.74) is 2.25. The van der Waals surface area contributed by atoms with Gasteiger partial charge in [-0.3, -0.25) is 5.43 Å². The number of halogens is 3. The van der Waals surface area contributed by atoms with Crippen molar-refractivity contribution < 1.29 is 4.39 Å². The van der Waals surface area contributed by atoms with Gasteiger partial charge in [-0.2, -0.15) is 0 Å². The molecule has 4 nitrogen and oxygen atoms in total. The van der Waals surface area contributed by atoms with Gasteiger partial charge >= 0.3 is 0 Å². The predicted octanol–water partition coefficient (Wildman–Crippen LogP) is 3.36. The fraction of sp³-hybridized carbons (Fsp3) is 0. The second-order valence-electron chi connectivity index (χ2n) is 3.17. The smallest absolute Gasteiger partial charge is 0.238 e. The molecule has 0 aliphatic carbocycles. The van der Waals surface area contributed by atoms with Gasteiger partial charge in [-0.05, 0) is 18.2 Å². The van der Waals surface area contributed by atoms with Crippen LogP contribution in [0, 0.1) is 5.82 Å². The highest BCUT2D eigenvalue weighted by Gasteiger charge is 2.09. The van der Waals surface area contributed by atoms with Crippen molar-refractivity contribution >= 4 is 40.9 Å². The largest absolute Gasteiger partial charge is 0.292 e. The van der Waals surface area contributed by atoms with E-state index in [2.05, 4.69) is 15.4 Å². The van der Waals surface area contributed by atoms with E-state index >= 15 is 0 Å². The van der Waals surface area contributed by atoms with Crippen LogP contribution < -0.4 is 11.3 Å². The lowest BCUT2D eigenvalue weighted by atomic mass is 10.4. The van der Waals surface area contributed by atoms with Crippen molar-refractivity contribution in [3.8, 4) is 0 Å². The first-order valence-electron chi connectivity index (χ1n) is 4.72. The second kappa shape index (κ2) is 5.71. The second-order valence-corrected chi connectivity index (χ2v) is 5.05. The summed E-state index contributed by atoms with van der Waals surface area (Å²) in [5.74, 6) is 4.76. The molecule has 1 aromatic carbocycles. The zero-order valence-corrected chi connectivity index (χ0v) is 11.2. The molecule has 0 aliphatic heterocycles. The van der Waals surface area contributed by atoms with Crippen molar-refractivity contribution in [1.29, 1.82) is 0 Å². The topological polar surface area (TPSA) is 63.8 Å². The third-order valence-electron chi connectivity index (χ3n) is 1.95. The Morgan fingerprint density at radius 2 is 2.06 bits per heavy atom. The fourth-order valence-electron chi connectivity index (χ4n) is 1.14. The standard InChI is InChI=1S/C10H7Cl2FN4S/c11-6-2-1-5(3-7(6)12)18-9-8(13)4-15-10(16-9)17-14/h1-4H,14H2,(H,15,16,17). The van der Waals surface area contributed by atoms with Crippen LogP contribution in [0.15, 0.2) is 34.3 Å². The number of rotatable bonds is 3. The van der Waals surface area contributed by atoms with E-state index in [1.54, 1.807) is 18.2 Å². The maximum absolute atomic E-state index is 13.5. The SMILES string of the molecule is NNc1ncc(F)c(Sc2ccc(Cl)c(Cl)c2)n1. The molecule has 0 saturated heterocycles. The third kappa shape index (κ3) is 3.02. The molecule has 2 rings (SSSR count). The molecule has 1 heterocycles. The molecule has 0 unspecified atom stereocenters. The number of hydrogen-bond donors (Lipinski definition) is 2. The summed E-state index contributed by atoms with van der Waals surface area (Å²) in [6, 6.07) is 4.98. The van der Waals surface area contributed by atoms with Gasteiger partial charge in [-0.1, -0.05) is 35.0 Å². The Hall–Kier alpha value is -1.08. The van der Waals surface area contributed by atoms with Gasteiger partial charge in [0.1, 0.15) is 5.03 Å². The Balaban J connectivity index is 2.30. The number of nitrogens with two attached hydrogens (primary N) is 1. The summed E-state index contributed by atoms with van der Waals surface area (Å²) < 4.78 is 13.5. The van der Waals surface area contributed by atoms with Crippen LogP contribution in [0.25, 0.3) is 0 Å². The summed E-state index contributed by atoms with van der Waals surface area (Å²) >= 11 is 12.8. The Morgan fingerprint density at radius 3 is 2.72 bits per heavy atom. The predicted molar refractivity (Wildman–Crippen MR) is 70.4 cm³/mol. The first-order valence-corrected chi connectivity index (χ1v) is 6.29. The monoisotopic (exact) mass is 304 g/mol. The maximum atomic E-state index is 13.5. The van der Waals surface area contributed by atoms with Crippen molar-refractivity contribution in [2.24, 2.45) is 5.84 Å². The highest BCUT2D eigenvalue weighted by Crippen LogP contribution is 2.32. The lowest BCUT2D eigenvalue weighted by molar-refractivity contribution is 0.580. The van der Waals surface area contributed by atoms with E-state index in [-0.39, 0.29) is 11.0 Å². The third-order valence-corrected chi connectivity index (χ3v) is 3.65. The molecule has 0 saturated carbocycles. The van der Waals surface area contributed by atoms with E-state index in [4.69, 9.17) is 29.0 Å². The Kier molecular flexibility index (Phi) is 4.23. The number of nitrogens with zero attached hydrogens (tertiary/aromatic N) is 2. The van der Waals surface area contributed by atoms with Crippen molar-refractivity contribution in [3.63, 3.8) is 0 Å². The summed E-state index contributed by atoms with van der Waals surface area (Å²) in [7, 11) is 0. The summed E-state index contributed by atoms with van der Waals surface area (Å²) in [4.78, 5) is 8.26. The highest BCUT2D eigenvalue weighted by atomic mass is 35.5. The van der Waals surface area contributed by atoms with E-state index < -0.39 is 5.82 Å². The number of hydrogen-bond acceptors (Lipinski definition) is 5. The molecule has 3 N–H and O–H groups in total. The zero-order valence-electron chi connectivity index (χ0n) is 8.82. The van der Waals surface area contributed by atoms with Gasteiger partial charge in [0, 0.05) is 4.90 Å². The van der Waals surface area contributed by atoms with Crippen LogP contribution in [-0.4, -0.2) is 9.97 Å². The molecule has 1 aromatic heterocycles.